The number of ether oxygens (including phenoxy) is 2. The lowest BCUT2D eigenvalue weighted by Gasteiger charge is -2.21. The second kappa shape index (κ2) is 5.61. The molecule has 0 aliphatic rings. The van der Waals surface area contributed by atoms with Gasteiger partial charge in [0.25, 0.3) is 0 Å². The van der Waals surface area contributed by atoms with E-state index in [1.54, 1.807) is 26.2 Å². The van der Waals surface area contributed by atoms with Gasteiger partial charge in [-0.05, 0) is 31.5 Å². The maximum atomic E-state index is 11.4. The molecule has 4 heteroatoms. The topological polar surface area (TPSA) is 48.4 Å². The third kappa shape index (κ3) is 3.62. The number of rotatable bonds is 5. The second-order valence-electron chi connectivity index (χ2n) is 4.22. The second-order valence-corrected chi connectivity index (χ2v) is 4.22. The number of nitrogens with zero attached hydrogens (tertiary/aromatic N) is 1. The summed E-state index contributed by atoms with van der Waals surface area (Å²) in [6.07, 6.45) is 3.42. The Balaban J connectivity index is 2.38. The molecule has 88 valence electrons. The number of esters is 1. The highest BCUT2D eigenvalue weighted by molar-refractivity contribution is 5.75. The lowest BCUT2D eigenvalue weighted by Crippen LogP contribution is -2.30. The monoisotopic (exact) mass is 223 g/mol. The van der Waals surface area contributed by atoms with E-state index in [-0.39, 0.29) is 5.97 Å². The third-order valence-electron chi connectivity index (χ3n) is 2.22. The molecule has 1 heterocycles. The zero-order valence-electron chi connectivity index (χ0n) is 9.90. The quantitative estimate of drug-likeness (QED) is 0.714. The molecule has 0 bridgehead atoms. The van der Waals surface area contributed by atoms with Gasteiger partial charge in [0, 0.05) is 12.4 Å². The van der Waals surface area contributed by atoms with Gasteiger partial charge in [0.15, 0.2) is 0 Å². The van der Waals surface area contributed by atoms with E-state index < -0.39 is 5.41 Å². The number of hydrogen-bond donors (Lipinski definition) is 0. The van der Waals surface area contributed by atoms with Crippen LogP contribution in [0, 0.1) is 5.41 Å². The summed E-state index contributed by atoms with van der Waals surface area (Å²) in [7, 11) is 1.38. The number of aromatic nitrogens is 1. The van der Waals surface area contributed by atoms with Crippen molar-refractivity contribution in [3.63, 3.8) is 0 Å². The first kappa shape index (κ1) is 12.6. The van der Waals surface area contributed by atoms with Crippen molar-refractivity contribution >= 4 is 5.97 Å². The van der Waals surface area contributed by atoms with Crippen molar-refractivity contribution in [2.24, 2.45) is 5.41 Å². The summed E-state index contributed by atoms with van der Waals surface area (Å²) >= 11 is 0. The molecule has 0 amide bonds. The number of carbonyl (C=O) groups is 1. The summed E-state index contributed by atoms with van der Waals surface area (Å²) in [5.41, 5.74) is 0.428. The van der Waals surface area contributed by atoms with E-state index in [0.29, 0.717) is 13.2 Å². The summed E-state index contributed by atoms with van der Waals surface area (Å²) in [5, 5.41) is 0. The van der Waals surface area contributed by atoms with Gasteiger partial charge in [0.2, 0.25) is 0 Å². The van der Waals surface area contributed by atoms with Crippen LogP contribution in [-0.2, 0) is 20.9 Å². The highest BCUT2D eigenvalue weighted by Gasteiger charge is 2.28. The Morgan fingerprint density at radius 3 is 2.56 bits per heavy atom. The molecule has 1 aromatic rings. The Labute approximate surface area is 95.6 Å². The van der Waals surface area contributed by atoms with Crippen LogP contribution in [0.2, 0.25) is 0 Å². The average Bonchev–Trinajstić information content (AvgIpc) is 2.29. The van der Waals surface area contributed by atoms with E-state index in [1.807, 2.05) is 12.1 Å². The van der Waals surface area contributed by atoms with Crippen LogP contribution < -0.4 is 0 Å². The van der Waals surface area contributed by atoms with E-state index in [1.165, 1.54) is 7.11 Å². The van der Waals surface area contributed by atoms with E-state index in [9.17, 15) is 4.79 Å². The van der Waals surface area contributed by atoms with Crippen LogP contribution in [0.3, 0.4) is 0 Å². The Morgan fingerprint density at radius 2 is 2.00 bits per heavy atom. The molecule has 0 saturated carbocycles. The Hall–Kier alpha value is -1.42. The molecule has 1 aromatic heterocycles. The zero-order valence-corrected chi connectivity index (χ0v) is 9.90. The van der Waals surface area contributed by atoms with E-state index >= 15 is 0 Å². The highest BCUT2D eigenvalue weighted by atomic mass is 16.5. The minimum absolute atomic E-state index is 0.262. The molecule has 0 N–H and O–H groups in total. The maximum absolute atomic E-state index is 11.4. The van der Waals surface area contributed by atoms with Crippen LogP contribution in [0.15, 0.2) is 24.5 Å². The van der Waals surface area contributed by atoms with Gasteiger partial charge in [-0.2, -0.15) is 0 Å². The van der Waals surface area contributed by atoms with Gasteiger partial charge in [0.1, 0.15) is 0 Å². The molecule has 0 radical (unpaired) electrons. The fourth-order valence-corrected chi connectivity index (χ4v) is 1.24. The van der Waals surface area contributed by atoms with Crippen molar-refractivity contribution in [2.75, 3.05) is 13.7 Å². The highest BCUT2D eigenvalue weighted by Crippen LogP contribution is 2.18. The fourth-order valence-electron chi connectivity index (χ4n) is 1.24. The smallest absolute Gasteiger partial charge is 0.313 e. The summed E-state index contributed by atoms with van der Waals surface area (Å²) < 4.78 is 10.2. The van der Waals surface area contributed by atoms with E-state index in [2.05, 4.69) is 9.72 Å². The molecule has 0 unspecified atom stereocenters. The predicted octanol–water partition coefficient (Wildman–Crippen LogP) is 1.80. The molecule has 0 fully saturated rings. The van der Waals surface area contributed by atoms with E-state index in [4.69, 9.17) is 4.74 Å². The van der Waals surface area contributed by atoms with Crippen LogP contribution >= 0.6 is 0 Å². The van der Waals surface area contributed by atoms with Crippen LogP contribution in [0.1, 0.15) is 19.4 Å². The molecule has 0 aliphatic carbocycles. The minimum Gasteiger partial charge on any atom is -0.469 e. The first-order valence-electron chi connectivity index (χ1n) is 5.11. The normalized spacial score (nSPS) is 11.2. The van der Waals surface area contributed by atoms with Crippen LogP contribution in [0.4, 0.5) is 0 Å². The minimum atomic E-state index is -0.609. The zero-order chi connectivity index (χ0) is 12.0. The lowest BCUT2D eigenvalue weighted by atomic mass is 9.95. The number of pyridine rings is 1. The number of carbonyl (C=O) groups excluding carboxylic acids is 1. The Kier molecular flexibility index (Phi) is 4.43. The average molecular weight is 223 g/mol. The third-order valence-corrected chi connectivity index (χ3v) is 2.22. The largest absolute Gasteiger partial charge is 0.469 e. The summed E-state index contributed by atoms with van der Waals surface area (Å²) in [5.74, 6) is -0.262. The van der Waals surface area contributed by atoms with Crippen molar-refractivity contribution in [2.45, 2.75) is 20.5 Å². The standard InChI is InChI=1S/C12H17NO3/c1-12(2,11(14)15-3)9-16-8-10-4-6-13-7-5-10/h4-7H,8-9H2,1-3H3. The van der Waals surface area contributed by atoms with Gasteiger partial charge in [-0.3, -0.25) is 9.78 Å². The fraction of sp³-hybridized carbons (Fsp3) is 0.500. The van der Waals surface area contributed by atoms with Crippen molar-refractivity contribution in [1.29, 1.82) is 0 Å². The van der Waals surface area contributed by atoms with Gasteiger partial charge in [0.05, 0.1) is 25.7 Å². The maximum Gasteiger partial charge on any atom is 0.313 e. The number of methoxy groups -OCH3 is 1. The molecule has 0 saturated heterocycles. The molecule has 0 spiro atoms. The van der Waals surface area contributed by atoms with Gasteiger partial charge in [-0.25, -0.2) is 0 Å². The lowest BCUT2D eigenvalue weighted by molar-refractivity contribution is -0.154. The van der Waals surface area contributed by atoms with Crippen molar-refractivity contribution in [3.8, 4) is 0 Å². The Bertz CT molecular complexity index is 335. The van der Waals surface area contributed by atoms with Crippen molar-refractivity contribution in [1.82, 2.24) is 4.98 Å². The molecule has 1 rings (SSSR count). The number of hydrogen-bond acceptors (Lipinski definition) is 4. The first-order valence-corrected chi connectivity index (χ1v) is 5.11. The summed E-state index contributed by atoms with van der Waals surface area (Å²) in [6.45, 7) is 4.40. The van der Waals surface area contributed by atoms with Crippen molar-refractivity contribution < 1.29 is 14.3 Å². The Morgan fingerprint density at radius 1 is 1.38 bits per heavy atom. The van der Waals surface area contributed by atoms with Crippen LogP contribution in [0.25, 0.3) is 0 Å². The molecular formula is C12H17NO3. The molecule has 16 heavy (non-hydrogen) atoms. The first-order chi connectivity index (χ1) is 7.56. The van der Waals surface area contributed by atoms with Gasteiger partial charge in [-0.15, -0.1) is 0 Å². The van der Waals surface area contributed by atoms with Gasteiger partial charge in [-0.1, -0.05) is 0 Å². The molecular weight excluding hydrogens is 206 g/mol. The van der Waals surface area contributed by atoms with Crippen LogP contribution in [0.5, 0.6) is 0 Å². The molecule has 4 nitrogen and oxygen atoms in total. The van der Waals surface area contributed by atoms with Gasteiger partial charge >= 0.3 is 5.97 Å². The molecule has 0 aromatic carbocycles. The SMILES string of the molecule is COC(=O)C(C)(C)COCc1ccncc1. The van der Waals surface area contributed by atoms with E-state index in [0.717, 1.165) is 5.56 Å². The van der Waals surface area contributed by atoms with Crippen LogP contribution in [-0.4, -0.2) is 24.7 Å². The molecule has 0 aliphatic heterocycles. The summed E-state index contributed by atoms with van der Waals surface area (Å²) in [6, 6.07) is 3.76. The van der Waals surface area contributed by atoms with Gasteiger partial charge < -0.3 is 9.47 Å². The molecule has 0 atom stereocenters. The summed E-state index contributed by atoms with van der Waals surface area (Å²) in [4.78, 5) is 15.3. The van der Waals surface area contributed by atoms with Crippen molar-refractivity contribution in [3.05, 3.63) is 30.1 Å². The predicted molar refractivity (Wildman–Crippen MR) is 59.7 cm³/mol.